The minimum Gasteiger partial charge on any atom is -0.368 e. The maximum atomic E-state index is 5.43. The highest BCUT2D eigenvalue weighted by atomic mass is 15.3. The first-order valence-corrected chi connectivity index (χ1v) is 2.79. The zero-order valence-electron chi connectivity index (χ0n) is 5.10. The molecule has 0 saturated heterocycles. The zero-order chi connectivity index (χ0) is 6.97. The Labute approximate surface area is 56.5 Å². The van der Waals surface area contributed by atoms with Crippen LogP contribution in [0.1, 0.15) is 0 Å². The fraction of sp³-hybridized carbons (Fsp3) is 0. The molecule has 10 heavy (non-hydrogen) atoms. The summed E-state index contributed by atoms with van der Waals surface area (Å²) in [5, 5.41) is 7.32. The minimum atomic E-state index is 0.364. The van der Waals surface area contributed by atoms with E-state index in [9.17, 15) is 0 Å². The Morgan fingerprint density at radius 1 is 1.40 bits per heavy atom. The van der Waals surface area contributed by atoms with Crippen molar-refractivity contribution in [2.45, 2.75) is 0 Å². The summed E-state index contributed by atoms with van der Waals surface area (Å²) in [6.07, 6.45) is 3.40. The topological polar surface area (TPSA) is 69.1 Å². The molecule has 0 spiro atoms. The zero-order valence-corrected chi connectivity index (χ0v) is 5.10. The van der Waals surface area contributed by atoms with Gasteiger partial charge in [0.15, 0.2) is 0 Å². The van der Waals surface area contributed by atoms with E-state index in [0.717, 1.165) is 0 Å². The van der Waals surface area contributed by atoms with E-state index in [0.29, 0.717) is 11.7 Å². The van der Waals surface area contributed by atoms with Crippen LogP contribution in [-0.4, -0.2) is 19.6 Å². The van der Waals surface area contributed by atoms with Gasteiger partial charge in [-0.3, -0.25) is 4.40 Å². The van der Waals surface area contributed by atoms with E-state index in [1.54, 1.807) is 22.9 Å². The molecule has 0 atom stereocenters. The Kier molecular flexibility index (Phi) is 0.858. The number of hydrogen-bond donors (Lipinski definition) is 1. The summed E-state index contributed by atoms with van der Waals surface area (Å²) < 4.78 is 1.61. The number of nitrogen functional groups attached to an aromatic ring is 1. The summed E-state index contributed by atoms with van der Waals surface area (Å²) in [6, 6.07) is 1.77. The fourth-order valence-electron chi connectivity index (χ4n) is 0.760. The summed E-state index contributed by atoms with van der Waals surface area (Å²) in [5.74, 6) is 0.892. The molecule has 2 aromatic rings. The van der Waals surface area contributed by atoms with Gasteiger partial charge >= 0.3 is 0 Å². The van der Waals surface area contributed by atoms with E-state index in [-0.39, 0.29) is 0 Å². The van der Waals surface area contributed by atoms with E-state index in [4.69, 9.17) is 5.73 Å². The monoisotopic (exact) mass is 135 g/mol. The summed E-state index contributed by atoms with van der Waals surface area (Å²) in [4.78, 5) is 3.91. The van der Waals surface area contributed by atoms with Crippen molar-refractivity contribution < 1.29 is 0 Å². The van der Waals surface area contributed by atoms with Gasteiger partial charge in [0.2, 0.25) is 5.95 Å². The molecule has 0 saturated carbocycles. The first-order chi connectivity index (χ1) is 4.88. The summed E-state index contributed by atoms with van der Waals surface area (Å²) in [5.41, 5.74) is 5.43. The second-order valence-electron chi connectivity index (χ2n) is 1.85. The number of nitrogens with two attached hydrogens (primary N) is 1. The Morgan fingerprint density at radius 3 is 3.10 bits per heavy atom. The van der Waals surface area contributed by atoms with Gasteiger partial charge in [-0.1, -0.05) is 0 Å². The lowest BCUT2D eigenvalue weighted by Gasteiger charge is -1.88. The molecular formula is C5H5N5. The van der Waals surface area contributed by atoms with E-state index in [2.05, 4.69) is 15.2 Å². The van der Waals surface area contributed by atoms with E-state index in [1.807, 2.05) is 0 Å². The second-order valence-corrected chi connectivity index (χ2v) is 1.85. The smallest absolute Gasteiger partial charge is 0.256 e. The molecule has 2 rings (SSSR count). The highest BCUT2D eigenvalue weighted by molar-refractivity contribution is 5.34. The quantitative estimate of drug-likeness (QED) is 0.538. The molecule has 0 aliphatic carbocycles. The van der Waals surface area contributed by atoms with Crippen LogP contribution < -0.4 is 5.73 Å². The SMILES string of the molecule is Nc1nnc2ncccn12. The summed E-state index contributed by atoms with van der Waals surface area (Å²) in [6.45, 7) is 0. The Bertz CT molecular complexity index is 352. The molecule has 50 valence electrons. The second kappa shape index (κ2) is 1.66. The molecule has 5 nitrogen and oxygen atoms in total. The van der Waals surface area contributed by atoms with Gasteiger partial charge in [-0.2, -0.15) is 0 Å². The number of anilines is 1. The van der Waals surface area contributed by atoms with Gasteiger partial charge in [-0.15, -0.1) is 10.2 Å². The summed E-state index contributed by atoms with van der Waals surface area (Å²) >= 11 is 0. The molecule has 0 radical (unpaired) electrons. The minimum absolute atomic E-state index is 0.364. The van der Waals surface area contributed by atoms with Crippen LogP contribution in [0.25, 0.3) is 5.78 Å². The van der Waals surface area contributed by atoms with Gasteiger partial charge in [0.1, 0.15) is 0 Å². The van der Waals surface area contributed by atoms with Crippen LogP contribution >= 0.6 is 0 Å². The molecule has 0 amide bonds. The normalized spacial score (nSPS) is 10.4. The van der Waals surface area contributed by atoms with Crippen molar-refractivity contribution in [3.8, 4) is 0 Å². The predicted octanol–water partition coefficient (Wildman–Crippen LogP) is -0.294. The van der Waals surface area contributed by atoms with Gasteiger partial charge in [0, 0.05) is 12.4 Å². The van der Waals surface area contributed by atoms with Gasteiger partial charge < -0.3 is 5.73 Å². The molecule has 0 unspecified atom stereocenters. The Hall–Kier alpha value is -1.65. The average Bonchev–Trinajstić information content (AvgIpc) is 2.34. The summed E-state index contributed by atoms with van der Waals surface area (Å²) in [7, 11) is 0. The highest BCUT2D eigenvalue weighted by Crippen LogP contribution is 1.98. The van der Waals surface area contributed by atoms with E-state index < -0.39 is 0 Å². The molecular weight excluding hydrogens is 130 g/mol. The molecule has 0 aliphatic rings. The average molecular weight is 135 g/mol. The number of hydrogen-bond acceptors (Lipinski definition) is 4. The van der Waals surface area contributed by atoms with Crippen LogP contribution in [0.2, 0.25) is 0 Å². The van der Waals surface area contributed by atoms with Crippen LogP contribution in [0.15, 0.2) is 18.5 Å². The number of rotatable bonds is 0. The van der Waals surface area contributed by atoms with Crippen molar-refractivity contribution in [3.05, 3.63) is 18.5 Å². The molecule has 0 fully saturated rings. The van der Waals surface area contributed by atoms with Crippen molar-refractivity contribution in [1.82, 2.24) is 19.6 Å². The van der Waals surface area contributed by atoms with Crippen molar-refractivity contribution in [2.24, 2.45) is 0 Å². The van der Waals surface area contributed by atoms with Crippen molar-refractivity contribution in [1.29, 1.82) is 0 Å². The van der Waals surface area contributed by atoms with Crippen molar-refractivity contribution in [3.63, 3.8) is 0 Å². The Balaban J connectivity index is 2.93. The lowest BCUT2D eigenvalue weighted by atomic mass is 10.7. The lowest BCUT2D eigenvalue weighted by molar-refractivity contribution is 1.10. The van der Waals surface area contributed by atoms with Gasteiger partial charge in [-0.25, -0.2) is 4.98 Å². The first kappa shape index (κ1) is 5.16. The fourth-order valence-corrected chi connectivity index (χ4v) is 0.760. The molecule has 0 bridgehead atoms. The van der Waals surface area contributed by atoms with E-state index in [1.165, 1.54) is 0 Å². The number of fused-ring (bicyclic) bond motifs is 1. The van der Waals surface area contributed by atoms with Crippen molar-refractivity contribution >= 4 is 11.7 Å². The lowest BCUT2D eigenvalue weighted by Crippen LogP contribution is -1.93. The number of nitrogens with zero attached hydrogens (tertiary/aromatic N) is 4. The molecule has 0 aromatic carbocycles. The molecule has 0 aliphatic heterocycles. The molecule has 2 heterocycles. The van der Waals surface area contributed by atoms with Crippen LogP contribution in [0.5, 0.6) is 0 Å². The van der Waals surface area contributed by atoms with Gasteiger partial charge in [-0.05, 0) is 6.07 Å². The molecule has 5 heteroatoms. The van der Waals surface area contributed by atoms with Crippen LogP contribution in [0.4, 0.5) is 5.95 Å². The Morgan fingerprint density at radius 2 is 2.30 bits per heavy atom. The van der Waals surface area contributed by atoms with Gasteiger partial charge in [0.05, 0.1) is 0 Å². The van der Waals surface area contributed by atoms with Gasteiger partial charge in [0.25, 0.3) is 5.78 Å². The third kappa shape index (κ3) is 0.540. The number of aromatic nitrogens is 4. The van der Waals surface area contributed by atoms with Crippen LogP contribution in [0.3, 0.4) is 0 Å². The molecule has 2 aromatic heterocycles. The van der Waals surface area contributed by atoms with Crippen LogP contribution in [-0.2, 0) is 0 Å². The third-order valence-corrected chi connectivity index (χ3v) is 1.22. The maximum Gasteiger partial charge on any atom is 0.256 e. The van der Waals surface area contributed by atoms with E-state index >= 15 is 0 Å². The van der Waals surface area contributed by atoms with Crippen LogP contribution in [0, 0.1) is 0 Å². The largest absolute Gasteiger partial charge is 0.368 e. The maximum absolute atomic E-state index is 5.43. The first-order valence-electron chi connectivity index (χ1n) is 2.79. The predicted molar refractivity (Wildman–Crippen MR) is 35.2 cm³/mol. The van der Waals surface area contributed by atoms with Crippen molar-refractivity contribution in [2.75, 3.05) is 5.73 Å². The standard InChI is InChI=1S/C5H5N5/c6-4-8-9-5-7-2-1-3-10(4)5/h1-3H,(H2,6,8). The third-order valence-electron chi connectivity index (χ3n) is 1.22. The molecule has 2 N–H and O–H groups in total. The highest BCUT2D eigenvalue weighted by Gasteiger charge is 1.97.